The molecule has 8 aromatic carbocycles. The van der Waals surface area contributed by atoms with Crippen LogP contribution in [-0.2, 0) is 0 Å². The maximum Gasteiger partial charge on any atom is 0.113 e. The highest BCUT2D eigenvalue weighted by molar-refractivity contribution is 7.03. The zero-order valence-corrected chi connectivity index (χ0v) is 30.9. The van der Waals surface area contributed by atoms with Crippen LogP contribution >= 0.6 is 0 Å². The normalized spacial score (nSPS) is 12.9. The molecule has 0 unspecified atom stereocenters. The lowest BCUT2D eigenvalue weighted by Gasteiger charge is -2.27. The van der Waals surface area contributed by atoms with Crippen LogP contribution in [-0.4, -0.2) is 12.6 Å². The molecule has 0 saturated carbocycles. The zero-order valence-electron chi connectivity index (χ0n) is 29.9. The van der Waals surface area contributed by atoms with Gasteiger partial charge in [-0.3, -0.25) is 0 Å². The van der Waals surface area contributed by atoms with Gasteiger partial charge in [-0.15, -0.1) is 0 Å². The third-order valence-electron chi connectivity index (χ3n) is 11.2. The molecule has 10 rings (SSSR count). The van der Waals surface area contributed by atoms with Gasteiger partial charge in [-0.25, -0.2) is 0 Å². The smallest absolute Gasteiger partial charge is 0.113 e. The Morgan fingerprint density at radius 3 is 1.64 bits per heavy atom. The van der Waals surface area contributed by atoms with Gasteiger partial charge >= 0.3 is 0 Å². The van der Waals surface area contributed by atoms with Crippen LogP contribution in [0.5, 0.6) is 0 Å². The number of hydrogen-bond donors (Lipinski definition) is 0. The Kier molecular flexibility index (Phi) is 7.31. The van der Waals surface area contributed by atoms with Gasteiger partial charge in [0.1, 0.15) is 8.07 Å². The number of para-hydroxylation sites is 2. The van der Waals surface area contributed by atoms with Crippen LogP contribution in [0, 0.1) is 0 Å². The summed E-state index contributed by atoms with van der Waals surface area (Å²) in [6.45, 7) is 4.96. The molecule has 1 aromatic heterocycles. The van der Waals surface area contributed by atoms with Crippen LogP contribution < -0.4 is 15.3 Å². The van der Waals surface area contributed by atoms with Crippen molar-refractivity contribution in [3.63, 3.8) is 0 Å². The number of anilines is 3. The number of nitrogens with zero attached hydrogens (tertiary/aromatic N) is 2. The van der Waals surface area contributed by atoms with Gasteiger partial charge in [0.15, 0.2) is 0 Å². The molecule has 3 heteroatoms. The van der Waals surface area contributed by atoms with E-state index in [-0.39, 0.29) is 0 Å². The van der Waals surface area contributed by atoms with Gasteiger partial charge in [0.25, 0.3) is 0 Å². The molecule has 0 amide bonds. The van der Waals surface area contributed by atoms with Crippen LogP contribution in [0.1, 0.15) is 0 Å². The molecule has 0 spiro atoms. The Morgan fingerprint density at radius 2 is 0.906 bits per heavy atom. The summed E-state index contributed by atoms with van der Waals surface area (Å²) in [7, 11) is -1.76. The number of rotatable bonds is 6. The molecule has 252 valence electrons. The second-order valence-corrected chi connectivity index (χ2v) is 18.9. The summed E-state index contributed by atoms with van der Waals surface area (Å²) < 4.78 is 2.37. The first-order valence-corrected chi connectivity index (χ1v) is 21.4. The van der Waals surface area contributed by atoms with Crippen molar-refractivity contribution >= 4 is 57.3 Å². The van der Waals surface area contributed by atoms with E-state index in [1.807, 2.05) is 0 Å². The summed E-state index contributed by atoms with van der Waals surface area (Å²) >= 11 is 0. The van der Waals surface area contributed by atoms with Crippen molar-refractivity contribution in [2.75, 3.05) is 4.90 Å². The minimum atomic E-state index is -1.76. The van der Waals surface area contributed by atoms with Gasteiger partial charge in [-0.2, -0.15) is 0 Å². The van der Waals surface area contributed by atoms with Crippen LogP contribution in [0.15, 0.2) is 194 Å². The van der Waals surface area contributed by atoms with Crippen molar-refractivity contribution in [2.24, 2.45) is 0 Å². The highest BCUT2D eigenvalue weighted by atomic mass is 28.3. The molecule has 0 N–H and O–H groups in total. The SMILES string of the molecule is C[Si]1(C)c2ccccc2-c2cc(N(c3ccc(-c4ccccc4)cc3)c3ccc(-c4ccc5c(c4)c4ccccc4n5-c4ccccc4)cc3)ccc21. The molecule has 2 heterocycles. The van der Waals surface area contributed by atoms with Crippen molar-refractivity contribution in [3.05, 3.63) is 194 Å². The molecule has 0 radical (unpaired) electrons. The van der Waals surface area contributed by atoms with Crippen molar-refractivity contribution < 1.29 is 0 Å². The van der Waals surface area contributed by atoms with Gasteiger partial charge in [0.05, 0.1) is 11.0 Å². The third-order valence-corrected chi connectivity index (χ3v) is 14.8. The maximum absolute atomic E-state index is 2.48. The average molecular weight is 695 g/mol. The van der Waals surface area contributed by atoms with E-state index in [4.69, 9.17) is 0 Å². The summed E-state index contributed by atoms with van der Waals surface area (Å²) in [5, 5.41) is 5.57. The molecule has 2 nitrogen and oxygen atoms in total. The van der Waals surface area contributed by atoms with Crippen LogP contribution in [0.3, 0.4) is 0 Å². The predicted octanol–water partition coefficient (Wildman–Crippen LogP) is 12.4. The Morgan fingerprint density at radius 1 is 0.377 bits per heavy atom. The summed E-state index contributed by atoms with van der Waals surface area (Å²) in [6, 6.07) is 71.2. The van der Waals surface area contributed by atoms with Gasteiger partial charge < -0.3 is 9.47 Å². The van der Waals surface area contributed by atoms with E-state index in [2.05, 4.69) is 217 Å². The number of aromatic nitrogens is 1. The first-order valence-electron chi connectivity index (χ1n) is 18.4. The lowest BCUT2D eigenvalue weighted by molar-refractivity contribution is 1.18. The van der Waals surface area contributed by atoms with Crippen molar-refractivity contribution in [1.29, 1.82) is 0 Å². The van der Waals surface area contributed by atoms with E-state index in [9.17, 15) is 0 Å². The Balaban J connectivity index is 1.07. The fourth-order valence-electron chi connectivity index (χ4n) is 8.54. The molecule has 1 aliphatic heterocycles. The summed E-state index contributed by atoms with van der Waals surface area (Å²) in [6.07, 6.45) is 0. The van der Waals surface area contributed by atoms with Crippen LogP contribution in [0.4, 0.5) is 17.1 Å². The molecule has 1 aliphatic rings. The van der Waals surface area contributed by atoms with Crippen LogP contribution in [0.2, 0.25) is 13.1 Å². The largest absolute Gasteiger partial charge is 0.310 e. The first-order chi connectivity index (χ1) is 26.0. The molecular weight excluding hydrogens is 657 g/mol. The minimum absolute atomic E-state index is 1.13. The van der Waals surface area contributed by atoms with Gasteiger partial charge in [-0.05, 0) is 110 Å². The molecule has 0 aliphatic carbocycles. The molecule has 0 saturated heterocycles. The van der Waals surface area contributed by atoms with Crippen molar-refractivity contribution in [3.8, 4) is 39.1 Å². The molecular formula is C50H38N2Si. The first kappa shape index (κ1) is 31.3. The number of benzene rings is 8. The maximum atomic E-state index is 2.48. The van der Waals surface area contributed by atoms with Gasteiger partial charge in [0, 0.05) is 33.5 Å². The van der Waals surface area contributed by atoms with Crippen molar-refractivity contribution in [1.82, 2.24) is 4.57 Å². The van der Waals surface area contributed by atoms with Crippen LogP contribution in [0.25, 0.3) is 60.9 Å². The Hall–Kier alpha value is -6.42. The van der Waals surface area contributed by atoms with E-state index < -0.39 is 8.07 Å². The number of fused-ring (bicyclic) bond motifs is 6. The third kappa shape index (κ3) is 5.15. The van der Waals surface area contributed by atoms with E-state index in [0.29, 0.717) is 0 Å². The number of hydrogen-bond acceptors (Lipinski definition) is 1. The lowest BCUT2D eigenvalue weighted by Crippen LogP contribution is -2.49. The van der Waals surface area contributed by atoms with E-state index in [1.165, 1.54) is 76.9 Å². The zero-order chi connectivity index (χ0) is 35.5. The molecule has 0 fully saturated rings. The van der Waals surface area contributed by atoms with Gasteiger partial charge in [0.2, 0.25) is 0 Å². The fraction of sp³-hybridized carbons (Fsp3) is 0.0400. The quantitative estimate of drug-likeness (QED) is 0.157. The minimum Gasteiger partial charge on any atom is -0.310 e. The molecule has 53 heavy (non-hydrogen) atoms. The Labute approximate surface area is 311 Å². The second-order valence-electron chi connectivity index (χ2n) is 14.6. The fourth-order valence-corrected chi connectivity index (χ4v) is 11.6. The molecule has 0 atom stereocenters. The molecule has 0 bridgehead atoms. The summed E-state index contributed by atoms with van der Waals surface area (Å²) in [4.78, 5) is 2.41. The average Bonchev–Trinajstić information content (AvgIpc) is 3.67. The van der Waals surface area contributed by atoms with Crippen molar-refractivity contribution in [2.45, 2.75) is 13.1 Å². The standard InChI is InChI=1S/C50H38N2Si/c1-53(2)49-20-12-10-18-44(49)46-34-42(30-32-50(46)53)51(40-26-21-36(22-27-40)35-13-5-3-6-14-35)41-28-23-37(24-29-41)38-25-31-48-45(33-38)43-17-9-11-19-47(43)52(48)39-15-7-4-8-16-39/h3-34H,1-2H3. The van der Waals surface area contributed by atoms with E-state index in [0.717, 1.165) is 11.4 Å². The van der Waals surface area contributed by atoms with Gasteiger partial charge in [-0.1, -0.05) is 140 Å². The summed E-state index contributed by atoms with van der Waals surface area (Å²) in [5.41, 5.74) is 14.6. The lowest BCUT2D eigenvalue weighted by atomic mass is 10.0. The topological polar surface area (TPSA) is 8.17 Å². The monoisotopic (exact) mass is 694 g/mol. The Bertz CT molecular complexity index is 2780. The highest BCUT2D eigenvalue weighted by Crippen LogP contribution is 2.40. The second kappa shape index (κ2) is 12.4. The predicted molar refractivity (Wildman–Crippen MR) is 229 cm³/mol. The summed E-state index contributed by atoms with van der Waals surface area (Å²) in [5.74, 6) is 0. The van der Waals surface area contributed by atoms with E-state index in [1.54, 1.807) is 0 Å². The van der Waals surface area contributed by atoms with E-state index >= 15 is 0 Å². The highest BCUT2D eigenvalue weighted by Gasteiger charge is 2.37. The molecule has 9 aromatic rings.